The SMILES string of the molecule is COCCNC(=O)C(=O)NCC1(CO)CC1. The molecule has 0 saturated heterocycles. The van der Waals surface area contributed by atoms with Crippen LogP contribution in [-0.4, -0.2) is 50.3 Å². The second-order valence-corrected chi connectivity index (χ2v) is 4.09. The molecule has 0 heterocycles. The zero-order chi connectivity index (χ0) is 12.0. The summed E-state index contributed by atoms with van der Waals surface area (Å²) in [5, 5.41) is 13.9. The normalized spacial score (nSPS) is 16.6. The van der Waals surface area contributed by atoms with E-state index in [2.05, 4.69) is 10.6 Å². The van der Waals surface area contributed by atoms with E-state index in [1.165, 1.54) is 7.11 Å². The van der Waals surface area contributed by atoms with Gasteiger partial charge in [-0.15, -0.1) is 0 Å². The van der Waals surface area contributed by atoms with Crippen molar-refractivity contribution < 1.29 is 19.4 Å². The van der Waals surface area contributed by atoms with Gasteiger partial charge in [-0.3, -0.25) is 9.59 Å². The van der Waals surface area contributed by atoms with Crippen molar-refractivity contribution in [3.63, 3.8) is 0 Å². The van der Waals surface area contributed by atoms with E-state index < -0.39 is 11.8 Å². The van der Waals surface area contributed by atoms with E-state index >= 15 is 0 Å². The summed E-state index contributed by atoms with van der Waals surface area (Å²) in [4.78, 5) is 22.5. The van der Waals surface area contributed by atoms with Crippen LogP contribution in [-0.2, 0) is 14.3 Å². The van der Waals surface area contributed by atoms with Crippen molar-refractivity contribution in [2.75, 3.05) is 33.4 Å². The van der Waals surface area contributed by atoms with Gasteiger partial charge in [0.15, 0.2) is 0 Å². The number of carbonyl (C=O) groups is 2. The minimum absolute atomic E-state index is 0.0541. The molecule has 1 saturated carbocycles. The van der Waals surface area contributed by atoms with Gasteiger partial charge in [0.2, 0.25) is 0 Å². The fourth-order valence-electron chi connectivity index (χ4n) is 1.26. The zero-order valence-electron chi connectivity index (χ0n) is 9.41. The Morgan fingerprint density at radius 3 is 2.44 bits per heavy atom. The maximum atomic E-state index is 11.3. The molecule has 0 atom stereocenters. The molecule has 0 aromatic heterocycles. The number of ether oxygens (including phenoxy) is 1. The minimum atomic E-state index is -0.661. The predicted octanol–water partition coefficient (Wildman–Crippen LogP) is -1.36. The topological polar surface area (TPSA) is 87.7 Å². The van der Waals surface area contributed by atoms with Crippen molar-refractivity contribution in [1.82, 2.24) is 10.6 Å². The molecule has 6 nitrogen and oxygen atoms in total. The van der Waals surface area contributed by atoms with Crippen LogP contribution in [0.15, 0.2) is 0 Å². The molecule has 0 aromatic carbocycles. The molecule has 0 spiro atoms. The number of aliphatic hydroxyl groups is 1. The molecule has 92 valence electrons. The molecule has 6 heteroatoms. The second-order valence-electron chi connectivity index (χ2n) is 4.09. The van der Waals surface area contributed by atoms with Gasteiger partial charge in [-0.2, -0.15) is 0 Å². The zero-order valence-corrected chi connectivity index (χ0v) is 9.41. The highest BCUT2D eigenvalue weighted by Gasteiger charge is 2.42. The Balaban J connectivity index is 2.16. The summed E-state index contributed by atoms with van der Waals surface area (Å²) in [6.45, 7) is 1.10. The predicted molar refractivity (Wildman–Crippen MR) is 56.6 cm³/mol. The average molecular weight is 230 g/mol. The summed E-state index contributed by atoms with van der Waals surface area (Å²) in [7, 11) is 1.52. The lowest BCUT2D eigenvalue weighted by Crippen LogP contribution is -2.43. The van der Waals surface area contributed by atoms with Crippen LogP contribution in [0, 0.1) is 5.41 Å². The summed E-state index contributed by atoms with van der Waals surface area (Å²) in [5.41, 5.74) is -0.178. The van der Waals surface area contributed by atoms with E-state index in [1.54, 1.807) is 0 Å². The van der Waals surface area contributed by atoms with Gasteiger partial charge < -0.3 is 20.5 Å². The average Bonchev–Trinajstić information content (AvgIpc) is 3.07. The van der Waals surface area contributed by atoms with Crippen LogP contribution in [0.4, 0.5) is 0 Å². The van der Waals surface area contributed by atoms with Crippen LogP contribution in [0.25, 0.3) is 0 Å². The van der Waals surface area contributed by atoms with Crippen LogP contribution in [0.1, 0.15) is 12.8 Å². The molecule has 1 rings (SSSR count). The van der Waals surface area contributed by atoms with Crippen molar-refractivity contribution in [3.05, 3.63) is 0 Å². The van der Waals surface area contributed by atoms with Gasteiger partial charge >= 0.3 is 11.8 Å². The maximum Gasteiger partial charge on any atom is 0.309 e. The van der Waals surface area contributed by atoms with Gasteiger partial charge in [0.25, 0.3) is 0 Å². The summed E-state index contributed by atoms with van der Waals surface area (Å²) in [5.74, 6) is -1.32. The first-order chi connectivity index (χ1) is 7.63. The number of hydrogen-bond donors (Lipinski definition) is 3. The number of methoxy groups -OCH3 is 1. The highest BCUT2D eigenvalue weighted by Crippen LogP contribution is 2.44. The van der Waals surface area contributed by atoms with Crippen LogP contribution in [0.5, 0.6) is 0 Å². The Morgan fingerprint density at radius 1 is 1.31 bits per heavy atom. The molecular formula is C10H18N2O4. The van der Waals surface area contributed by atoms with E-state index in [1.807, 2.05) is 0 Å². The fraction of sp³-hybridized carbons (Fsp3) is 0.800. The van der Waals surface area contributed by atoms with E-state index in [0.717, 1.165) is 12.8 Å². The number of rotatable bonds is 6. The largest absolute Gasteiger partial charge is 0.396 e. The third-order valence-corrected chi connectivity index (χ3v) is 2.71. The highest BCUT2D eigenvalue weighted by molar-refractivity contribution is 6.35. The van der Waals surface area contributed by atoms with Crippen LogP contribution in [0.3, 0.4) is 0 Å². The maximum absolute atomic E-state index is 11.3. The lowest BCUT2D eigenvalue weighted by molar-refractivity contribution is -0.139. The van der Waals surface area contributed by atoms with Crippen molar-refractivity contribution in [2.45, 2.75) is 12.8 Å². The molecule has 0 aliphatic heterocycles. The van der Waals surface area contributed by atoms with Gasteiger partial charge in [0.1, 0.15) is 0 Å². The molecule has 3 N–H and O–H groups in total. The first-order valence-electron chi connectivity index (χ1n) is 5.29. The van der Waals surface area contributed by atoms with Gasteiger partial charge in [-0.25, -0.2) is 0 Å². The summed E-state index contributed by atoms with van der Waals surface area (Å²) < 4.78 is 4.73. The smallest absolute Gasteiger partial charge is 0.309 e. The van der Waals surface area contributed by atoms with Gasteiger partial charge in [-0.05, 0) is 12.8 Å². The molecular weight excluding hydrogens is 212 g/mol. The second kappa shape index (κ2) is 5.81. The number of carbonyl (C=O) groups excluding carboxylic acids is 2. The number of hydrogen-bond acceptors (Lipinski definition) is 4. The quantitative estimate of drug-likeness (QED) is 0.388. The lowest BCUT2D eigenvalue weighted by atomic mass is 10.1. The van der Waals surface area contributed by atoms with Crippen molar-refractivity contribution >= 4 is 11.8 Å². The van der Waals surface area contributed by atoms with Crippen LogP contribution in [0.2, 0.25) is 0 Å². The molecule has 1 aliphatic rings. The summed E-state index contributed by atoms with van der Waals surface area (Å²) in [6.07, 6.45) is 1.80. The minimum Gasteiger partial charge on any atom is -0.396 e. The third-order valence-electron chi connectivity index (χ3n) is 2.71. The number of nitrogens with one attached hydrogen (secondary N) is 2. The first-order valence-corrected chi connectivity index (χ1v) is 5.29. The Hall–Kier alpha value is -1.14. The van der Waals surface area contributed by atoms with Crippen molar-refractivity contribution in [3.8, 4) is 0 Å². The summed E-state index contributed by atoms with van der Waals surface area (Å²) >= 11 is 0. The summed E-state index contributed by atoms with van der Waals surface area (Å²) in [6, 6.07) is 0. The Labute approximate surface area is 94.3 Å². The molecule has 1 aliphatic carbocycles. The van der Waals surface area contributed by atoms with E-state index in [9.17, 15) is 9.59 Å². The fourth-order valence-corrected chi connectivity index (χ4v) is 1.26. The lowest BCUT2D eigenvalue weighted by Gasteiger charge is -2.12. The number of amides is 2. The molecule has 1 fully saturated rings. The van der Waals surface area contributed by atoms with Crippen molar-refractivity contribution in [1.29, 1.82) is 0 Å². The molecule has 0 bridgehead atoms. The van der Waals surface area contributed by atoms with Gasteiger partial charge in [0, 0.05) is 25.6 Å². The first kappa shape index (κ1) is 12.9. The standard InChI is InChI=1S/C10H18N2O4/c1-16-5-4-11-8(14)9(15)12-6-10(7-13)2-3-10/h13H,2-7H2,1H3,(H,11,14)(H,12,15). The monoisotopic (exact) mass is 230 g/mol. The highest BCUT2D eigenvalue weighted by atomic mass is 16.5. The Kier molecular flexibility index (Phi) is 4.70. The van der Waals surface area contributed by atoms with Crippen LogP contribution >= 0.6 is 0 Å². The van der Waals surface area contributed by atoms with Crippen molar-refractivity contribution in [2.24, 2.45) is 5.41 Å². The van der Waals surface area contributed by atoms with Gasteiger partial charge in [-0.1, -0.05) is 0 Å². The molecule has 2 amide bonds. The van der Waals surface area contributed by atoms with E-state index in [4.69, 9.17) is 9.84 Å². The molecule has 0 aromatic rings. The van der Waals surface area contributed by atoms with Gasteiger partial charge in [0.05, 0.1) is 13.2 Å². The van der Waals surface area contributed by atoms with E-state index in [0.29, 0.717) is 19.7 Å². The molecule has 0 unspecified atom stereocenters. The Morgan fingerprint density at radius 2 is 1.94 bits per heavy atom. The van der Waals surface area contributed by atoms with E-state index in [-0.39, 0.29) is 12.0 Å². The number of aliphatic hydroxyl groups excluding tert-OH is 1. The molecule has 16 heavy (non-hydrogen) atoms. The molecule has 0 radical (unpaired) electrons. The van der Waals surface area contributed by atoms with Crippen LogP contribution < -0.4 is 10.6 Å². The third kappa shape index (κ3) is 3.79. The Bertz CT molecular complexity index is 264.